The lowest BCUT2D eigenvalue weighted by atomic mass is 9.97. The van der Waals surface area contributed by atoms with Gasteiger partial charge in [-0.1, -0.05) is 60.1 Å². The summed E-state index contributed by atoms with van der Waals surface area (Å²) in [6.07, 6.45) is 0.991. The molecule has 0 spiro atoms. The largest absolute Gasteiger partial charge is 0.355 e. The SMILES string of the molecule is CC(C)(CBr)CNC(=O)C1CC1c1ccccc1. The summed E-state index contributed by atoms with van der Waals surface area (Å²) in [7, 11) is 0. The van der Waals surface area contributed by atoms with Crippen LogP contribution in [-0.2, 0) is 4.79 Å². The number of rotatable bonds is 5. The van der Waals surface area contributed by atoms with Crippen molar-refractivity contribution in [1.82, 2.24) is 5.32 Å². The summed E-state index contributed by atoms with van der Waals surface area (Å²) in [5, 5.41) is 3.96. The van der Waals surface area contributed by atoms with Gasteiger partial charge in [0.1, 0.15) is 0 Å². The van der Waals surface area contributed by atoms with Crippen molar-refractivity contribution in [1.29, 1.82) is 0 Å². The molecule has 1 aliphatic carbocycles. The third-order valence-electron chi connectivity index (χ3n) is 3.46. The Morgan fingerprint density at radius 2 is 2.06 bits per heavy atom. The van der Waals surface area contributed by atoms with E-state index in [1.807, 2.05) is 18.2 Å². The van der Waals surface area contributed by atoms with Crippen LogP contribution in [0.15, 0.2) is 30.3 Å². The van der Waals surface area contributed by atoms with Gasteiger partial charge in [-0.05, 0) is 23.3 Å². The van der Waals surface area contributed by atoms with E-state index >= 15 is 0 Å². The first kappa shape index (κ1) is 13.6. The molecule has 2 atom stereocenters. The highest BCUT2D eigenvalue weighted by Crippen LogP contribution is 2.47. The van der Waals surface area contributed by atoms with Crippen molar-refractivity contribution in [3.05, 3.63) is 35.9 Å². The molecule has 1 saturated carbocycles. The van der Waals surface area contributed by atoms with Crippen molar-refractivity contribution in [3.63, 3.8) is 0 Å². The Kier molecular flexibility index (Phi) is 4.10. The van der Waals surface area contributed by atoms with E-state index in [1.165, 1.54) is 5.56 Å². The first-order chi connectivity index (χ1) is 8.53. The fraction of sp³-hybridized carbons (Fsp3) is 0.533. The Labute approximate surface area is 117 Å². The maximum Gasteiger partial charge on any atom is 0.223 e. The minimum Gasteiger partial charge on any atom is -0.355 e. The fourth-order valence-corrected chi connectivity index (χ4v) is 2.26. The summed E-state index contributed by atoms with van der Waals surface area (Å²) in [5.74, 6) is 0.815. The number of hydrogen-bond acceptors (Lipinski definition) is 1. The van der Waals surface area contributed by atoms with Crippen LogP contribution in [0.1, 0.15) is 31.7 Å². The first-order valence-electron chi connectivity index (χ1n) is 6.42. The zero-order valence-corrected chi connectivity index (χ0v) is 12.5. The highest BCUT2D eigenvalue weighted by Gasteiger charge is 2.43. The van der Waals surface area contributed by atoms with E-state index in [1.54, 1.807) is 0 Å². The molecule has 1 N–H and O–H groups in total. The second kappa shape index (κ2) is 5.43. The van der Waals surface area contributed by atoms with Crippen LogP contribution in [0.4, 0.5) is 0 Å². The maximum absolute atomic E-state index is 12.0. The van der Waals surface area contributed by atoms with Crippen LogP contribution in [-0.4, -0.2) is 17.8 Å². The highest BCUT2D eigenvalue weighted by atomic mass is 79.9. The lowest BCUT2D eigenvalue weighted by Gasteiger charge is -2.21. The van der Waals surface area contributed by atoms with Gasteiger partial charge in [-0.15, -0.1) is 0 Å². The number of hydrogen-bond donors (Lipinski definition) is 1. The van der Waals surface area contributed by atoms with Crippen LogP contribution in [0.25, 0.3) is 0 Å². The molecule has 0 bridgehead atoms. The monoisotopic (exact) mass is 309 g/mol. The number of nitrogens with one attached hydrogen (secondary N) is 1. The molecule has 0 heterocycles. The number of alkyl halides is 1. The molecule has 1 aromatic rings. The summed E-state index contributed by atoms with van der Waals surface area (Å²) in [5.41, 5.74) is 1.41. The van der Waals surface area contributed by atoms with Gasteiger partial charge in [-0.2, -0.15) is 0 Å². The van der Waals surface area contributed by atoms with Gasteiger partial charge in [0.25, 0.3) is 0 Å². The second-order valence-corrected chi connectivity index (χ2v) is 6.44. The molecule has 1 aromatic carbocycles. The summed E-state index contributed by atoms with van der Waals surface area (Å²) in [6, 6.07) is 10.3. The Bertz CT molecular complexity index is 416. The standard InChI is InChI=1S/C15H20BrNO/c1-15(2,9-16)10-17-14(18)13-8-12(13)11-6-4-3-5-7-11/h3-7,12-13H,8-10H2,1-2H3,(H,17,18). The smallest absolute Gasteiger partial charge is 0.223 e. The summed E-state index contributed by atoms with van der Waals surface area (Å²) in [4.78, 5) is 12.0. The molecule has 2 rings (SSSR count). The van der Waals surface area contributed by atoms with Gasteiger partial charge in [0.2, 0.25) is 5.91 Å². The molecular weight excluding hydrogens is 290 g/mol. The number of benzene rings is 1. The molecule has 0 saturated heterocycles. The van der Waals surface area contributed by atoms with Crippen LogP contribution < -0.4 is 5.32 Å². The molecule has 1 aliphatic rings. The van der Waals surface area contributed by atoms with Crippen molar-refractivity contribution < 1.29 is 4.79 Å². The van der Waals surface area contributed by atoms with Gasteiger partial charge >= 0.3 is 0 Å². The van der Waals surface area contributed by atoms with Crippen molar-refractivity contribution >= 4 is 21.8 Å². The molecule has 98 valence electrons. The average Bonchev–Trinajstić information content (AvgIpc) is 3.17. The Hall–Kier alpha value is -0.830. The summed E-state index contributed by atoms with van der Waals surface area (Å²) < 4.78 is 0. The third kappa shape index (κ3) is 3.35. The maximum atomic E-state index is 12.0. The molecule has 1 fully saturated rings. The Balaban J connectivity index is 1.83. The van der Waals surface area contributed by atoms with E-state index in [2.05, 4.69) is 47.2 Å². The summed E-state index contributed by atoms with van der Waals surface area (Å²) >= 11 is 3.47. The molecule has 3 heteroatoms. The van der Waals surface area contributed by atoms with Crippen molar-refractivity contribution in [2.45, 2.75) is 26.2 Å². The van der Waals surface area contributed by atoms with Crippen molar-refractivity contribution in [2.24, 2.45) is 11.3 Å². The predicted molar refractivity (Wildman–Crippen MR) is 77.9 cm³/mol. The first-order valence-corrected chi connectivity index (χ1v) is 7.54. The Morgan fingerprint density at radius 3 is 2.67 bits per heavy atom. The molecule has 0 aromatic heterocycles. The third-order valence-corrected chi connectivity index (χ3v) is 4.98. The van der Waals surface area contributed by atoms with Gasteiger partial charge in [-0.3, -0.25) is 4.79 Å². The zero-order chi connectivity index (χ0) is 13.2. The lowest BCUT2D eigenvalue weighted by Crippen LogP contribution is -2.35. The van der Waals surface area contributed by atoms with Gasteiger partial charge in [0.05, 0.1) is 0 Å². The number of carbonyl (C=O) groups excluding carboxylic acids is 1. The Morgan fingerprint density at radius 1 is 1.39 bits per heavy atom. The van der Waals surface area contributed by atoms with E-state index < -0.39 is 0 Å². The van der Waals surface area contributed by atoms with Crippen LogP contribution in [0, 0.1) is 11.3 Å². The lowest BCUT2D eigenvalue weighted by molar-refractivity contribution is -0.122. The van der Waals surface area contributed by atoms with E-state index in [4.69, 9.17) is 0 Å². The normalized spacial score (nSPS) is 22.6. The van der Waals surface area contributed by atoms with Gasteiger partial charge < -0.3 is 5.32 Å². The molecule has 2 unspecified atom stereocenters. The van der Waals surface area contributed by atoms with E-state index in [0.717, 1.165) is 18.3 Å². The van der Waals surface area contributed by atoms with Crippen LogP contribution in [0.2, 0.25) is 0 Å². The molecule has 0 radical (unpaired) electrons. The quantitative estimate of drug-likeness (QED) is 0.831. The molecule has 2 nitrogen and oxygen atoms in total. The molecule has 1 amide bonds. The summed E-state index contributed by atoms with van der Waals surface area (Å²) in [6.45, 7) is 5.02. The molecule has 0 aliphatic heterocycles. The van der Waals surface area contributed by atoms with E-state index in [0.29, 0.717) is 5.92 Å². The van der Waals surface area contributed by atoms with Crippen molar-refractivity contribution in [3.8, 4) is 0 Å². The van der Waals surface area contributed by atoms with Gasteiger partial charge in [0, 0.05) is 17.8 Å². The zero-order valence-electron chi connectivity index (χ0n) is 10.9. The topological polar surface area (TPSA) is 29.1 Å². The minimum atomic E-state index is 0.118. The minimum absolute atomic E-state index is 0.118. The number of amides is 1. The van der Waals surface area contributed by atoms with Crippen LogP contribution in [0.3, 0.4) is 0 Å². The number of carbonyl (C=O) groups is 1. The van der Waals surface area contributed by atoms with Crippen LogP contribution in [0.5, 0.6) is 0 Å². The fourth-order valence-electron chi connectivity index (χ4n) is 2.06. The van der Waals surface area contributed by atoms with E-state index in [-0.39, 0.29) is 17.2 Å². The molecular formula is C15H20BrNO. The highest BCUT2D eigenvalue weighted by molar-refractivity contribution is 9.09. The second-order valence-electron chi connectivity index (χ2n) is 5.88. The van der Waals surface area contributed by atoms with Crippen molar-refractivity contribution in [2.75, 3.05) is 11.9 Å². The number of halogens is 1. The predicted octanol–water partition coefficient (Wildman–Crippen LogP) is 3.33. The van der Waals surface area contributed by atoms with E-state index in [9.17, 15) is 4.79 Å². The van der Waals surface area contributed by atoms with Gasteiger partial charge in [-0.25, -0.2) is 0 Å². The molecule has 18 heavy (non-hydrogen) atoms. The average molecular weight is 310 g/mol. The van der Waals surface area contributed by atoms with Gasteiger partial charge in [0.15, 0.2) is 0 Å². The van der Waals surface area contributed by atoms with Crippen LogP contribution >= 0.6 is 15.9 Å².